The number of halogens is 1. The Morgan fingerprint density at radius 2 is 2.43 bits per heavy atom. The Kier molecular flexibility index (Phi) is 1.28. The van der Waals surface area contributed by atoms with Crippen LogP contribution in [0.1, 0.15) is 12.8 Å². The number of likely N-dealkylation sites (tertiary alicyclic amines) is 1. The molecule has 1 rings (SSSR count). The van der Waals surface area contributed by atoms with Gasteiger partial charge in [0.2, 0.25) is 0 Å². The first-order chi connectivity index (χ1) is 3.30. The van der Waals surface area contributed by atoms with E-state index in [2.05, 4.69) is 0 Å². The smallest absolute Gasteiger partial charge is 0.153 e. The van der Waals surface area contributed by atoms with E-state index >= 15 is 0 Å². The fraction of sp³-hybridized carbons (Fsp3) is 1.00. The topological polar surface area (TPSA) is 3.24 Å². The van der Waals surface area contributed by atoms with Crippen LogP contribution in [0.3, 0.4) is 0 Å². The van der Waals surface area contributed by atoms with E-state index in [1.807, 2.05) is 7.05 Å². The van der Waals surface area contributed by atoms with Gasteiger partial charge in [-0.05, 0) is 19.9 Å². The lowest BCUT2D eigenvalue weighted by Gasteiger charge is -2.08. The normalized spacial score (nSPS) is 34.3. The number of rotatable bonds is 0. The molecular formula is C5H10FN. The lowest BCUT2D eigenvalue weighted by atomic mass is 10.4. The summed E-state index contributed by atoms with van der Waals surface area (Å²) in [6.07, 6.45) is 1.11. The van der Waals surface area contributed by atoms with Crippen molar-refractivity contribution in [1.82, 2.24) is 4.90 Å². The lowest BCUT2D eigenvalue weighted by molar-refractivity contribution is 0.158. The van der Waals surface area contributed by atoms with Crippen molar-refractivity contribution >= 4 is 0 Å². The molecule has 1 aliphatic heterocycles. The fourth-order valence-electron chi connectivity index (χ4n) is 0.870. The van der Waals surface area contributed by atoms with Gasteiger partial charge < -0.3 is 0 Å². The average Bonchev–Trinajstić information content (AvgIpc) is 1.91. The summed E-state index contributed by atoms with van der Waals surface area (Å²) in [6.45, 7) is 0.932. The molecule has 1 saturated heterocycles. The van der Waals surface area contributed by atoms with Gasteiger partial charge >= 0.3 is 0 Å². The second-order valence-corrected chi connectivity index (χ2v) is 2.06. The Morgan fingerprint density at radius 3 is 2.57 bits per heavy atom. The van der Waals surface area contributed by atoms with Crippen molar-refractivity contribution in [2.75, 3.05) is 13.6 Å². The van der Waals surface area contributed by atoms with Crippen LogP contribution in [-0.2, 0) is 0 Å². The zero-order valence-electron chi connectivity index (χ0n) is 4.52. The molecule has 1 fully saturated rings. The molecule has 0 aromatic rings. The minimum atomic E-state index is -0.653. The number of hydrogen-bond donors (Lipinski definition) is 0. The maximum absolute atomic E-state index is 12.2. The van der Waals surface area contributed by atoms with E-state index < -0.39 is 6.30 Å². The van der Waals surface area contributed by atoms with E-state index in [9.17, 15) is 4.39 Å². The molecule has 42 valence electrons. The van der Waals surface area contributed by atoms with Gasteiger partial charge in [0, 0.05) is 6.54 Å². The highest BCUT2D eigenvalue weighted by Gasteiger charge is 2.18. The van der Waals surface area contributed by atoms with Crippen molar-refractivity contribution in [1.29, 1.82) is 0 Å². The van der Waals surface area contributed by atoms with Gasteiger partial charge in [-0.25, -0.2) is 4.39 Å². The van der Waals surface area contributed by atoms with Gasteiger partial charge in [0.25, 0.3) is 0 Å². The minimum Gasteiger partial charge on any atom is -0.277 e. The molecule has 2 heteroatoms. The molecule has 0 bridgehead atoms. The molecule has 0 aliphatic carbocycles. The largest absolute Gasteiger partial charge is 0.277 e. The molecule has 0 N–H and O–H groups in total. The Hall–Kier alpha value is -0.110. The van der Waals surface area contributed by atoms with E-state index in [4.69, 9.17) is 0 Å². The summed E-state index contributed by atoms with van der Waals surface area (Å²) in [6, 6.07) is 0. The van der Waals surface area contributed by atoms with Crippen LogP contribution in [0.4, 0.5) is 4.39 Å². The Bertz CT molecular complexity index is 57.1. The van der Waals surface area contributed by atoms with E-state index in [0.717, 1.165) is 19.4 Å². The molecule has 0 saturated carbocycles. The third-order valence-electron chi connectivity index (χ3n) is 1.43. The molecule has 1 atom stereocenters. The van der Waals surface area contributed by atoms with Crippen molar-refractivity contribution < 1.29 is 4.39 Å². The number of alkyl halides is 1. The summed E-state index contributed by atoms with van der Waals surface area (Å²) in [4.78, 5) is 1.74. The van der Waals surface area contributed by atoms with Crippen molar-refractivity contribution in [3.05, 3.63) is 0 Å². The second-order valence-electron chi connectivity index (χ2n) is 2.06. The third kappa shape index (κ3) is 0.911. The molecule has 0 spiro atoms. The lowest BCUT2D eigenvalue weighted by Crippen LogP contribution is -2.19. The first-order valence-electron chi connectivity index (χ1n) is 2.65. The second kappa shape index (κ2) is 1.78. The maximum Gasteiger partial charge on any atom is 0.153 e. The molecule has 0 radical (unpaired) electrons. The molecule has 0 aromatic carbocycles. The molecular weight excluding hydrogens is 93.1 g/mol. The summed E-state index contributed by atoms with van der Waals surface area (Å²) in [5.74, 6) is 0. The van der Waals surface area contributed by atoms with Crippen LogP contribution in [-0.4, -0.2) is 24.8 Å². The molecule has 0 amide bonds. The third-order valence-corrected chi connectivity index (χ3v) is 1.43. The van der Waals surface area contributed by atoms with Gasteiger partial charge in [-0.15, -0.1) is 0 Å². The SMILES string of the molecule is CN1CCC[C@H]1F. The van der Waals surface area contributed by atoms with Crippen LogP contribution >= 0.6 is 0 Å². The molecule has 1 heterocycles. The van der Waals surface area contributed by atoms with Gasteiger partial charge in [0.15, 0.2) is 6.30 Å². The van der Waals surface area contributed by atoms with Crippen LogP contribution in [0, 0.1) is 0 Å². The highest BCUT2D eigenvalue weighted by atomic mass is 19.1. The van der Waals surface area contributed by atoms with E-state index in [0.29, 0.717) is 0 Å². The fourth-order valence-corrected chi connectivity index (χ4v) is 0.870. The Morgan fingerprint density at radius 1 is 1.71 bits per heavy atom. The summed E-state index contributed by atoms with van der Waals surface area (Å²) >= 11 is 0. The molecule has 7 heavy (non-hydrogen) atoms. The van der Waals surface area contributed by atoms with Gasteiger partial charge in [0.1, 0.15) is 0 Å². The highest BCUT2D eigenvalue weighted by Crippen LogP contribution is 2.14. The van der Waals surface area contributed by atoms with Crippen LogP contribution < -0.4 is 0 Å². The van der Waals surface area contributed by atoms with Crippen LogP contribution in [0.25, 0.3) is 0 Å². The predicted molar refractivity (Wildman–Crippen MR) is 26.8 cm³/mol. The van der Waals surface area contributed by atoms with Crippen molar-refractivity contribution in [2.45, 2.75) is 19.1 Å². The zero-order chi connectivity index (χ0) is 5.28. The number of hydrogen-bond acceptors (Lipinski definition) is 1. The standard InChI is InChI=1S/C5H10FN/c1-7-4-2-3-5(7)6/h5H,2-4H2,1H3/t5-/m0/s1. The van der Waals surface area contributed by atoms with E-state index in [1.54, 1.807) is 4.90 Å². The zero-order valence-corrected chi connectivity index (χ0v) is 4.52. The van der Waals surface area contributed by atoms with Crippen LogP contribution in [0.2, 0.25) is 0 Å². The first-order valence-corrected chi connectivity index (χ1v) is 2.65. The Balaban J connectivity index is 2.33. The van der Waals surface area contributed by atoms with Crippen LogP contribution in [0.15, 0.2) is 0 Å². The quantitative estimate of drug-likeness (QED) is 0.413. The number of nitrogens with zero attached hydrogens (tertiary/aromatic N) is 1. The van der Waals surface area contributed by atoms with E-state index in [1.165, 1.54) is 0 Å². The predicted octanol–water partition coefficient (Wildman–Crippen LogP) is 1.01. The molecule has 1 nitrogen and oxygen atoms in total. The van der Waals surface area contributed by atoms with E-state index in [-0.39, 0.29) is 0 Å². The average molecular weight is 103 g/mol. The van der Waals surface area contributed by atoms with Crippen molar-refractivity contribution in [3.63, 3.8) is 0 Å². The van der Waals surface area contributed by atoms with Crippen LogP contribution in [0.5, 0.6) is 0 Å². The monoisotopic (exact) mass is 103 g/mol. The molecule has 0 aromatic heterocycles. The molecule has 1 aliphatic rings. The Labute approximate surface area is 43.1 Å². The summed E-state index contributed by atoms with van der Waals surface area (Å²) in [5.41, 5.74) is 0. The maximum atomic E-state index is 12.2. The highest BCUT2D eigenvalue weighted by molar-refractivity contribution is 4.65. The van der Waals surface area contributed by atoms with Gasteiger partial charge in [-0.1, -0.05) is 0 Å². The summed E-state index contributed by atoms with van der Waals surface area (Å²) < 4.78 is 12.2. The summed E-state index contributed by atoms with van der Waals surface area (Å²) in [7, 11) is 1.82. The molecule has 0 unspecified atom stereocenters. The first kappa shape index (κ1) is 5.04. The van der Waals surface area contributed by atoms with Gasteiger partial charge in [-0.2, -0.15) is 0 Å². The van der Waals surface area contributed by atoms with Crippen molar-refractivity contribution in [2.24, 2.45) is 0 Å². The minimum absolute atomic E-state index is 0.653. The van der Waals surface area contributed by atoms with Crippen molar-refractivity contribution in [3.8, 4) is 0 Å². The van der Waals surface area contributed by atoms with Gasteiger partial charge in [0.05, 0.1) is 0 Å². The summed E-state index contributed by atoms with van der Waals surface area (Å²) in [5, 5.41) is 0. The van der Waals surface area contributed by atoms with Gasteiger partial charge in [-0.3, -0.25) is 4.90 Å².